The predicted octanol–water partition coefficient (Wildman–Crippen LogP) is 1.43. The summed E-state index contributed by atoms with van der Waals surface area (Å²) in [6, 6.07) is 5.53. The number of carbonyl (C=O) groups is 1. The monoisotopic (exact) mass is 366 g/mol. The van der Waals surface area contributed by atoms with Crippen molar-refractivity contribution < 1.29 is 17.9 Å². The molecule has 0 N–H and O–H groups in total. The van der Waals surface area contributed by atoms with Crippen LogP contribution in [0.25, 0.3) is 0 Å². The average molecular weight is 366 g/mol. The van der Waals surface area contributed by atoms with E-state index in [1.807, 2.05) is 19.1 Å². The Kier molecular flexibility index (Phi) is 5.76. The molecule has 138 valence electrons. The Morgan fingerprint density at radius 3 is 2.44 bits per heavy atom. The van der Waals surface area contributed by atoms with E-state index in [1.165, 1.54) is 16.3 Å². The zero-order chi connectivity index (χ0) is 17.9. The molecule has 2 aliphatic rings. The van der Waals surface area contributed by atoms with Crippen LogP contribution in [0, 0.1) is 0 Å². The van der Waals surface area contributed by atoms with Gasteiger partial charge in [0.15, 0.2) is 0 Å². The first-order valence-electron chi connectivity index (χ1n) is 9.00. The van der Waals surface area contributed by atoms with Crippen molar-refractivity contribution in [3.8, 4) is 0 Å². The molecule has 1 aliphatic carbocycles. The van der Waals surface area contributed by atoms with Crippen LogP contribution >= 0.6 is 0 Å². The van der Waals surface area contributed by atoms with Crippen LogP contribution in [0.1, 0.15) is 30.9 Å². The van der Waals surface area contributed by atoms with Crippen LogP contribution < -0.4 is 0 Å². The van der Waals surface area contributed by atoms with Crippen LogP contribution in [0.3, 0.4) is 0 Å². The average Bonchev–Trinajstić information content (AvgIpc) is 2.65. The van der Waals surface area contributed by atoms with E-state index >= 15 is 0 Å². The fraction of sp³-hybridized carbons (Fsp3) is 0.611. The smallest absolute Gasteiger partial charge is 0.248 e. The molecule has 6 nitrogen and oxygen atoms in total. The van der Waals surface area contributed by atoms with Gasteiger partial charge in [-0.1, -0.05) is 6.07 Å². The van der Waals surface area contributed by atoms with E-state index in [0.29, 0.717) is 37.7 Å². The van der Waals surface area contributed by atoms with Gasteiger partial charge >= 0.3 is 0 Å². The van der Waals surface area contributed by atoms with Crippen LogP contribution in [-0.4, -0.2) is 62.9 Å². The molecule has 1 amide bonds. The fourth-order valence-electron chi connectivity index (χ4n) is 3.48. The van der Waals surface area contributed by atoms with E-state index in [4.69, 9.17) is 4.74 Å². The maximum absolute atomic E-state index is 12.9. The number of sulfonamides is 1. The van der Waals surface area contributed by atoms with E-state index in [2.05, 4.69) is 0 Å². The van der Waals surface area contributed by atoms with Crippen molar-refractivity contribution in [3.05, 3.63) is 29.3 Å². The molecule has 0 atom stereocenters. The van der Waals surface area contributed by atoms with Gasteiger partial charge in [-0.3, -0.25) is 4.79 Å². The Morgan fingerprint density at radius 1 is 1.08 bits per heavy atom. The lowest BCUT2D eigenvalue weighted by Gasteiger charge is -2.34. The summed E-state index contributed by atoms with van der Waals surface area (Å²) in [5, 5.41) is 0. The van der Waals surface area contributed by atoms with Crippen LogP contribution in [0.5, 0.6) is 0 Å². The quantitative estimate of drug-likeness (QED) is 0.791. The number of ether oxygens (including phenoxy) is 1. The largest absolute Gasteiger partial charge is 0.372 e. The van der Waals surface area contributed by atoms with Crippen LogP contribution in [0.2, 0.25) is 0 Å². The second kappa shape index (κ2) is 7.85. The number of rotatable bonds is 5. The van der Waals surface area contributed by atoms with Gasteiger partial charge in [-0.15, -0.1) is 0 Å². The molecule has 1 aliphatic heterocycles. The summed E-state index contributed by atoms with van der Waals surface area (Å²) >= 11 is 0. The summed E-state index contributed by atoms with van der Waals surface area (Å²) in [6.45, 7) is 3.89. The highest BCUT2D eigenvalue weighted by Gasteiger charge is 2.30. The topological polar surface area (TPSA) is 66.9 Å². The fourth-order valence-corrected chi connectivity index (χ4v) is 4.95. The highest BCUT2D eigenvalue weighted by atomic mass is 32.2. The summed E-state index contributed by atoms with van der Waals surface area (Å²) in [5.41, 5.74) is 2.44. The Bertz CT molecular complexity index is 725. The number of hydrogen-bond acceptors (Lipinski definition) is 4. The number of piperazine rings is 1. The zero-order valence-electron chi connectivity index (χ0n) is 14.7. The molecule has 1 aromatic rings. The number of carbonyl (C=O) groups excluding carboxylic acids is 1. The first kappa shape index (κ1) is 18.4. The van der Waals surface area contributed by atoms with Crippen molar-refractivity contribution in [2.45, 2.75) is 37.5 Å². The number of fused-ring (bicyclic) bond motifs is 1. The highest BCUT2D eigenvalue weighted by molar-refractivity contribution is 7.89. The predicted molar refractivity (Wildman–Crippen MR) is 94.9 cm³/mol. The lowest BCUT2D eigenvalue weighted by atomic mass is 9.92. The first-order chi connectivity index (χ1) is 12.0. The maximum Gasteiger partial charge on any atom is 0.248 e. The highest BCUT2D eigenvalue weighted by Crippen LogP contribution is 2.26. The van der Waals surface area contributed by atoms with Gasteiger partial charge in [0.1, 0.15) is 6.61 Å². The number of aryl methyl sites for hydroxylation is 2. The Morgan fingerprint density at radius 2 is 1.76 bits per heavy atom. The van der Waals surface area contributed by atoms with Crippen LogP contribution in [0.4, 0.5) is 0 Å². The summed E-state index contributed by atoms with van der Waals surface area (Å²) < 4.78 is 32.5. The SMILES string of the molecule is CCOCC(=O)N1CCN(S(=O)(=O)c2ccc3c(c2)CCCC3)CC1. The molecule has 0 saturated carbocycles. The normalized spacial score (nSPS) is 18.8. The van der Waals surface area contributed by atoms with Gasteiger partial charge in [0.2, 0.25) is 15.9 Å². The van der Waals surface area contributed by atoms with Gasteiger partial charge in [-0.2, -0.15) is 4.31 Å². The molecule has 1 fully saturated rings. The molecule has 0 radical (unpaired) electrons. The lowest BCUT2D eigenvalue weighted by molar-refractivity contribution is -0.137. The van der Waals surface area contributed by atoms with Crippen molar-refractivity contribution >= 4 is 15.9 Å². The van der Waals surface area contributed by atoms with Crippen molar-refractivity contribution in [2.75, 3.05) is 39.4 Å². The molecule has 7 heteroatoms. The molecule has 1 saturated heterocycles. The Balaban J connectivity index is 1.67. The van der Waals surface area contributed by atoms with Crippen LogP contribution in [-0.2, 0) is 32.4 Å². The summed E-state index contributed by atoms with van der Waals surface area (Å²) in [7, 11) is -3.50. The van der Waals surface area contributed by atoms with Crippen molar-refractivity contribution in [1.82, 2.24) is 9.21 Å². The summed E-state index contributed by atoms with van der Waals surface area (Å²) in [5.74, 6) is -0.0762. The number of hydrogen-bond donors (Lipinski definition) is 0. The van der Waals surface area contributed by atoms with E-state index in [9.17, 15) is 13.2 Å². The van der Waals surface area contributed by atoms with E-state index in [-0.39, 0.29) is 12.5 Å². The minimum absolute atomic E-state index is 0.0636. The van der Waals surface area contributed by atoms with Gasteiger partial charge in [-0.05, 0) is 55.9 Å². The van der Waals surface area contributed by atoms with E-state index in [1.54, 1.807) is 11.0 Å². The third kappa shape index (κ3) is 4.04. The second-order valence-corrected chi connectivity index (χ2v) is 8.50. The van der Waals surface area contributed by atoms with Gasteiger partial charge in [0.05, 0.1) is 4.90 Å². The number of nitrogens with zero attached hydrogens (tertiary/aromatic N) is 2. The lowest BCUT2D eigenvalue weighted by Crippen LogP contribution is -2.51. The Hall–Kier alpha value is -1.44. The number of benzene rings is 1. The third-order valence-corrected chi connectivity index (χ3v) is 6.87. The molecule has 1 aromatic carbocycles. The molecular weight excluding hydrogens is 340 g/mol. The van der Waals surface area contributed by atoms with Crippen molar-refractivity contribution in [2.24, 2.45) is 0 Å². The molecule has 0 bridgehead atoms. The Labute approximate surface area is 149 Å². The minimum Gasteiger partial charge on any atom is -0.372 e. The molecule has 3 rings (SSSR count). The molecular formula is C18H26N2O4S. The van der Waals surface area contributed by atoms with Crippen molar-refractivity contribution in [3.63, 3.8) is 0 Å². The zero-order valence-corrected chi connectivity index (χ0v) is 15.6. The van der Waals surface area contributed by atoms with Crippen molar-refractivity contribution in [1.29, 1.82) is 0 Å². The number of amides is 1. The standard InChI is InChI=1S/C18H26N2O4S/c1-2-24-14-18(21)19-9-11-20(12-10-19)25(22,23)17-8-7-15-5-3-4-6-16(15)13-17/h7-8,13H,2-6,9-12,14H2,1H3. The second-order valence-electron chi connectivity index (χ2n) is 6.56. The van der Waals surface area contributed by atoms with E-state index in [0.717, 1.165) is 24.8 Å². The minimum atomic E-state index is -3.50. The molecule has 0 aromatic heterocycles. The molecule has 0 spiro atoms. The molecule has 25 heavy (non-hydrogen) atoms. The van der Waals surface area contributed by atoms with Crippen LogP contribution in [0.15, 0.2) is 23.1 Å². The third-order valence-electron chi connectivity index (χ3n) is 4.98. The maximum atomic E-state index is 12.9. The van der Waals surface area contributed by atoms with Gasteiger partial charge in [0.25, 0.3) is 0 Å². The van der Waals surface area contributed by atoms with E-state index < -0.39 is 10.0 Å². The van der Waals surface area contributed by atoms with Gasteiger partial charge < -0.3 is 9.64 Å². The molecule has 1 heterocycles. The van der Waals surface area contributed by atoms with Gasteiger partial charge in [-0.25, -0.2) is 8.42 Å². The van der Waals surface area contributed by atoms with Gasteiger partial charge in [0, 0.05) is 32.8 Å². The molecule has 0 unspecified atom stereocenters. The summed E-state index contributed by atoms with van der Waals surface area (Å²) in [6.07, 6.45) is 4.29. The first-order valence-corrected chi connectivity index (χ1v) is 10.4. The summed E-state index contributed by atoms with van der Waals surface area (Å²) in [4.78, 5) is 14.0.